The largest absolute Gasteiger partial charge is 0.455 e. The Morgan fingerprint density at radius 2 is 1.78 bits per heavy atom. The molecule has 4 aliphatic heterocycles. The molecule has 0 saturated carbocycles. The number of fused-ring (bicyclic) bond motifs is 2. The third-order valence-electron chi connectivity index (χ3n) is 9.92. The molecule has 2 aromatic rings. The second kappa shape index (κ2) is 14.8. The van der Waals surface area contributed by atoms with Crippen LogP contribution >= 0.6 is 27.5 Å². The van der Waals surface area contributed by atoms with E-state index in [1.807, 2.05) is 61.5 Å². The van der Waals surface area contributed by atoms with Crippen molar-refractivity contribution in [1.29, 1.82) is 0 Å². The van der Waals surface area contributed by atoms with E-state index in [4.69, 9.17) is 21.1 Å². The minimum atomic E-state index is -1.45. The number of aryl methyl sites for hydroxylation is 1. The quantitative estimate of drug-likeness (QED) is 0.228. The molecule has 0 unspecified atom stereocenters. The topological polar surface area (TPSA) is 125 Å². The smallest absolute Gasteiger partial charge is 0.313 e. The monoisotopic (exact) mass is 753 g/mol. The van der Waals surface area contributed by atoms with Crippen molar-refractivity contribution in [2.75, 3.05) is 24.6 Å². The minimum absolute atomic E-state index is 0.0185. The lowest BCUT2D eigenvalue weighted by Gasteiger charge is -2.36. The van der Waals surface area contributed by atoms with Crippen LogP contribution in [0.5, 0.6) is 0 Å². The highest BCUT2D eigenvalue weighted by Gasteiger charge is 2.75. The summed E-state index contributed by atoms with van der Waals surface area (Å²) in [6.07, 6.45) is 6.11. The third kappa shape index (κ3) is 6.58. The lowest BCUT2D eigenvalue weighted by Crippen LogP contribution is -2.56. The number of aliphatic hydroxyl groups is 1. The van der Waals surface area contributed by atoms with Gasteiger partial charge in [-0.3, -0.25) is 19.2 Å². The van der Waals surface area contributed by atoms with Gasteiger partial charge in [-0.1, -0.05) is 82.1 Å². The molecule has 12 heteroatoms. The number of hydrogen-bond donors (Lipinski definition) is 2. The van der Waals surface area contributed by atoms with Crippen molar-refractivity contribution in [1.82, 2.24) is 10.2 Å². The van der Waals surface area contributed by atoms with Gasteiger partial charge in [0.25, 0.3) is 5.91 Å². The van der Waals surface area contributed by atoms with E-state index in [0.717, 1.165) is 5.56 Å². The first kappa shape index (κ1) is 35.3. The van der Waals surface area contributed by atoms with Crippen LogP contribution < -0.4 is 10.2 Å². The highest BCUT2D eigenvalue weighted by atomic mass is 79.9. The lowest BCUT2D eigenvalue weighted by atomic mass is 9.74. The molecule has 49 heavy (non-hydrogen) atoms. The number of halogens is 2. The van der Waals surface area contributed by atoms with E-state index in [1.54, 1.807) is 28.9 Å². The van der Waals surface area contributed by atoms with Crippen LogP contribution in [0, 0.1) is 18.8 Å². The number of para-hydroxylation sites is 1. The average Bonchev–Trinajstić information content (AvgIpc) is 3.67. The molecule has 6 rings (SSSR count). The van der Waals surface area contributed by atoms with Crippen LogP contribution in [-0.4, -0.2) is 77.2 Å². The van der Waals surface area contributed by atoms with Crippen LogP contribution in [0.2, 0.25) is 5.02 Å². The number of carbonyl (C=O) groups excluding carboxylic acids is 4. The molecule has 7 atom stereocenters. The minimum Gasteiger partial charge on any atom is -0.455 e. The molecule has 5 bridgehead atoms. The molecule has 10 nitrogen and oxygen atoms in total. The summed E-state index contributed by atoms with van der Waals surface area (Å²) in [7, 11) is 0. The van der Waals surface area contributed by atoms with E-state index in [0.29, 0.717) is 46.4 Å². The molecule has 2 aromatic carbocycles. The normalized spacial score (nSPS) is 31.0. The number of nitrogens with one attached hydrogen (secondary N) is 1. The number of hydrogen-bond acceptors (Lipinski definition) is 7. The summed E-state index contributed by atoms with van der Waals surface area (Å²) in [5.74, 6) is -3.71. The van der Waals surface area contributed by atoms with Crippen LogP contribution in [0.25, 0.3) is 0 Å². The summed E-state index contributed by atoms with van der Waals surface area (Å²) >= 11 is 10.4. The number of cyclic esters (lactones) is 1. The first-order chi connectivity index (χ1) is 23.6. The van der Waals surface area contributed by atoms with Crippen molar-refractivity contribution in [3.63, 3.8) is 0 Å². The molecule has 2 N–H and O–H groups in total. The molecule has 0 aliphatic carbocycles. The van der Waals surface area contributed by atoms with Gasteiger partial charge in [-0.2, -0.15) is 0 Å². The van der Waals surface area contributed by atoms with Crippen molar-refractivity contribution in [3.05, 3.63) is 87.4 Å². The van der Waals surface area contributed by atoms with Gasteiger partial charge in [-0.05, 0) is 62.8 Å². The van der Waals surface area contributed by atoms with E-state index in [2.05, 4.69) is 21.2 Å². The maximum absolute atomic E-state index is 15.1. The molecule has 1 spiro atoms. The Bertz CT molecular complexity index is 1650. The number of benzene rings is 2. The van der Waals surface area contributed by atoms with E-state index < -0.39 is 53.6 Å². The van der Waals surface area contributed by atoms with Gasteiger partial charge in [0.05, 0.1) is 22.7 Å². The number of ether oxygens (including phenoxy) is 2. The molecule has 260 valence electrons. The number of allylic oxidation sites excluding steroid dienone is 1. The summed E-state index contributed by atoms with van der Waals surface area (Å²) in [6.45, 7) is 4.03. The Kier molecular flexibility index (Phi) is 10.6. The molecular formula is C37H41BrClN3O7. The highest BCUT2D eigenvalue weighted by Crippen LogP contribution is 2.59. The van der Waals surface area contributed by atoms with Gasteiger partial charge >= 0.3 is 5.97 Å². The van der Waals surface area contributed by atoms with Crippen LogP contribution in [0.15, 0.2) is 71.2 Å². The molecule has 2 fully saturated rings. The van der Waals surface area contributed by atoms with Crippen LogP contribution in [-0.2, 0) is 28.7 Å². The number of nitrogens with zero attached hydrogens (tertiary/aromatic N) is 2. The Balaban J connectivity index is 1.47. The molecule has 4 aliphatic rings. The molecule has 2 saturated heterocycles. The number of rotatable bonds is 7. The fourth-order valence-electron chi connectivity index (χ4n) is 7.70. The van der Waals surface area contributed by atoms with Crippen molar-refractivity contribution in [3.8, 4) is 0 Å². The molecule has 4 heterocycles. The van der Waals surface area contributed by atoms with Gasteiger partial charge in [0.1, 0.15) is 29.8 Å². The van der Waals surface area contributed by atoms with Crippen molar-refractivity contribution < 1.29 is 33.8 Å². The maximum atomic E-state index is 15.1. The van der Waals surface area contributed by atoms with Crippen molar-refractivity contribution in [2.45, 2.75) is 75.8 Å². The van der Waals surface area contributed by atoms with Gasteiger partial charge in [0, 0.05) is 30.6 Å². The summed E-state index contributed by atoms with van der Waals surface area (Å²) in [4.78, 5) is 60.2. The van der Waals surface area contributed by atoms with Gasteiger partial charge in [0.15, 0.2) is 0 Å². The predicted molar refractivity (Wildman–Crippen MR) is 188 cm³/mol. The fraction of sp³-hybridized carbons (Fsp3) is 0.459. The SMILES string of the molecule is Cc1cccc(Cl)c1N1C/C=C\CCC(=O)N[C@H](C)[C@@H](c2ccccc2)OC(=O)[C@@H]2[C@H]3O[C@@]4(C=C3Br)[C@H](C1=O)N(CCCCCO)C(=O)[C@@H]24. The van der Waals surface area contributed by atoms with Crippen LogP contribution in [0.1, 0.15) is 56.3 Å². The zero-order valence-corrected chi connectivity index (χ0v) is 29.9. The number of aliphatic hydroxyl groups excluding tert-OH is 1. The van der Waals surface area contributed by atoms with Crippen molar-refractivity contribution >= 4 is 56.9 Å². The second-order valence-electron chi connectivity index (χ2n) is 13.1. The lowest BCUT2D eigenvalue weighted by molar-refractivity contribution is -0.161. The number of unbranched alkanes of at least 4 members (excludes halogenated alkanes) is 2. The zero-order chi connectivity index (χ0) is 34.9. The summed E-state index contributed by atoms with van der Waals surface area (Å²) in [6, 6.07) is 12.9. The average molecular weight is 755 g/mol. The Morgan fingerprint density at radius 1 is 1.00 bits per heavy atom. The van der Waals surface area contributed by atoms with E-state index in [1.165, 1.54) is 0 Å². The fourth-order valence-corrected chi connectivity index (χ4v) is 8.76. The molecule has 3 amide bonds. The molecule has 0 radical (unpaired) electrons. The predicted octanol–water partition coefficient (Wildman–Crippen LogP) is 5.16. The summed E-state index contributed by atoms with van der Waals surface area (Å²) in [5, 5.41) is 12.8. The van der Waals surface area contributed by atoms with Gasteiger partial charge in [-0.25, -0.2) is 0 Å². The van der Waals surface area contributed by atoms with Crippen LogP contribution in [0.4, 0.5) is 5.69 Å². The number of amides is 3. The first-order valence-corrected chi connectivity index (χ1v) is 18.0. The summed E-state index contributed by atoms with van der Waals surface area (Å²) in [5.41, 5.74) is 0.513. The Hall–Kier alpha value is -3.51. The van der Waals surface area contributed by atoms with Gasteiger partial charge in [0.2, 0.25) is 11.8 Å². The van der Waals surface area contributed by atoms with Gasteiger partial charge in [-0.15, -0.1) is 0 Å². The van der Waals surface area contributed by atoms with Crippen molar-refractivity contribution in [2.24, 2.45) is 11.8 Å². The highest BCUT2D eigenvalue weighted by molar-refractivity contribution is 9.11. The zero-order valence-electron chi connectivity index (χ0n) is 27.5. The maximum Gasteiger partial charge on any atom is 0.313 e. The number of esters is 1. The summed E-state index contributed by atoms with van der Waals surface area (Å²) < 4.78 is 13.5. The Labute approximate surface area is 299 Å². The first-order valence-electron chi connectivity index (χ1n) is 16.8. The molecule has 0 aromatic heterocycles. The van der Waals surface area contributed by atoms with E-state index in [-0.39, 0.29) is 37.9 Å². The standard InChI is InChI=1S/C37H41BrClN3O7/c1-22-13-12-16-26(39)30(22)41-18-9-4-8-17-27(44)40-23(2)31(24-14-6-3-7-15-24)48-36(47)28-29-34(45)42(19-10-5-11-20-43)33(35(41)46)37(29)21-25(38)32(28)49-37/h3-4,6-7,9,12-16,21,23,28-29,31-33,43H,5,8,10-11,17-20H2,1-2H3,(H,40,44)/b9-4-/t23-,28+,29-,31+,32+,33+,37-/m1/s1. The number of carbonyl (C=O) groups is 4. The van der Waals surface area contributed by atoms with E-state index in [9.17, 15) is 19.5 Å². The van der Waals surface area contributed by atoms with Crippen LogP contribution in [0.3, 0.4) is 0 Å². The second-order valence-corrected chi connectivity index (χ2v) is 14.5. The Morgan fingerprint density at radius 3 is 2.51 bits per heavy atom. The molecular weight excluding hydrogens is 714 g/mol. The number of likely N-dealkylation sites (tertiary alicyclic amines) is 1. The third-order valence-corrected chi connectivity index (χ3v) is 10.9. The van der Waals surface area contributed by atoms with E-state index >= 15 is 4.79 Å². The number of anilines is 1. The van der Waals surface area contributed by atoms with Gasteiger partial charge < -0.3 is 29.7 Å².